The van der Waals surface area contributed by atoms with Crippen molar-refractivity contribution in [3.8, 4) is 0 Å². The van der Waals surface area contributed by atoms with Gasteiger partial charge < -0.3 is 0 Å². The molecule has 0 radical (unpaired) electrons. The average Bonchev–Trinajstić information content (AvgIpc) is 2.48. The monoisotopic (exact) mass is 303 g/mol. The molecule has 0 aromatic heterocycles. The first-order chi connectivity index (χ1) is 9.98. The van der Waals surface area contributed by atoms with Crippen LogP contribution >= 0.6 is 0 Å². The fourth-order valence-electron chi connectivity index (χ4n) is 2.18. The Labute approximate surface area is 127 Å². The van der Waals surface area contributed by atoms with Crippen molar-refractivity contribution in [1.82, 2.24) is 4.72 Å². The molecule has 0 fully saturated rings. The highest BCUT2D eigenvalue weighted by atomic mass is 32.2. The van der Waals surface area contributed by atoms with Gasteiger partial charge in [0.2, 0.25) is 10.0 Å². The number of hydrogen-bond donors (Lipinski definition) is 1. The van der Waals surface area contributed by atoms with Crippen molar-refractivity contribution in [1.29, 1.82) is 0 Å². The third-order valence-electron chi connectivity index (χ3n) is 3.58. The van der Waals surface area contributed by atoms with Crippen LogP contribution < -0.4 is 4.72 Å². The standard InChI is InChI=1S/C17H21NO2S/c1-14-8-6-7-11-17(14)13-21(19,20)18-12-15(2)16-9-4-3-5-10-16/h3-11,15,18H,12-13H2,1-2H3. The molecule has 2 aromatic rings. The summed E-state index contributed by atoms with van der Waals surface area (Å²) in [6.07, 6.45) is 0. The van der Waals surface area contributed by atoms with Crippen LogP contribution in [0.5, 0.6) is 0 Å². The molecule has 1 N–H and O–H groups in total. The van der Waals surface area contributed by atoms with Gasteiger partial charge in [-0.05, 0) is 29.5 Å². The molecule has 0 amide bonds. The third-order valence-corrected chi connectivity index (χ3v) is 4.88. The molecule has 4 heteroatoms. The molecule has 0 heterocycles. The van der Waals surface area contributed by atoms with Gasteiger partial charge in [-0.15, -0.1) is 0 Å². The lowest BCUT2D eigenvalue weighted by atomic mass is 10.0. The van der Waals surface area contributed by atoms with Crippen LogP contribution in [0.4, 0.5) is 0 Å². The second-order valence-electron chi connectivity index (χ2n) is 5.35. The summed E-state index contributed by atoms with van der Waals surface area (Å²) in [5.41, 5.74) is 2.98. The lowest BCUT2D eigenvalue weighted by molar-refractivity contribution is 0.574. The van der Waals surface area contributed by atoms with Crippen LogP contribution in [0.15, 0.2) is 54.6 Å². The Morgan fingerprint density at radius 2 is 1.62 bits per heavy atom. The predicted octanol–water partition coefficient (Wildman–Crippen LogP) is 3.22. The molecular formula is C17H21NO2S. The van der Waals surface area contributed by atoms with E-state index in [1.165, 1.54) is 0 Å². The lowest BCUT2D eigenvalue weighted by Gasteiger charge is -2.14. The van der Waals surface area contributed by atoms with E-state index in [9.17, 15) is 8.42 Å². The van der Waals surface area contributed by atoms with Gasteiger partial charge in [0, 0.05) is 6.54 Å². The molecular weight excluding hydrogens is 282 g/mol. The second-order valence-corrected chi connectivity index (χ2v) is 7.15. The minimum atomic E-state index is -3.31. The lowest BCUT2D eigenvalue weighted by Crippen LogP contribution is -2.29. The Bertz CT molecular complexity index is 681. The summed E-state index contributed by atoms with van der Waals surface area (Å²) in [4.78, 5) is 0. The number of sulfonamides is 1. The van der Waals surface area contributed by atoms with E-state index in [-0.39, 0.29) is 11.7 Å². The molecule has 21 heavy (non-hydrogen) atoms. The van der Waals surface area contributed by atoms with E-state index in [0.717, 1.165) is 16.7 Å². The van der Waals surface area contributed by atoms with E-state index >= 15 is 0 Å². The molecule has 3 nitrogen and oxygen atoms in total. The van der Waals surface area contributed by atoms with Crippen molar-refractivity contribution in [3.63, 3.8) is 0 Å². The minimum absolute atomic E-state index is 0.0290. The Hall–Kier alpha value is -1.65. The molecule has 0 bridgehead atoms. The van der Waals surface area contributed by atoms with E-state index < -0.39 is 10.0 Å². The third kappa shape index (κ3) is 4.69. The summed E-state index contributed by atoms with van der Waals surface area (Å²) >= 11 is 0. The van der Waals surface area contributed by atoms with Crippen LogP contribution in [-0.2, 0) is 15.8 Å². The highest BCUT2D eigenvalue weighted by molar-refractivity contribution is 7.88. The van der Waals surface area contributed by atoms with Gasteiger partial charge in [0.1, 0.15) is 0 Å². The van der Waals surface area contributed by atoms with Gasteiger partial charge in [-0.1, -0.05) is 61.5 Å². The van der Waals surface area contributed by atoms with Gasteiger partial charge in [0.05, 0.1) is 5.75 Å². The average molecular weight is 303 g/mol. The first kappa shape index (κ1) is 15.7. The summed E-state index contributed by atoms with van der Waals surface area (Å²) in [5, 5.41) is 0. The molecule has 0 spiro atoms. The summed E-state index contributed by atoms with van der Waals surface area (Å²) in [5.74, 6) is 0.180. The van der Waals surface area contributed by atoms with Gasteiger partial charge >= 0.3 is 0 Å². The SMILES string of the molecule is Cc1ccccc1CS(=O)(=O)NCC(C)c1ccccc1. The number of rotatable bonds is 6. The molecule has 0 saturated carbocycles. The van der Waals surface area contributed by atoms with Crippen molar-refractivity contribution in [2.75, 3.05) is 6.54 Å². The molecule has 1 atom stereocenters. The maximum Gasteiger partial charge on any atom is 0.215 e. The van der Waals surface area contributed by atoms with E-state index in [1.807, 2.05) is 68.4 Å². The highest BCUT2D eigenvalue weighted by Crippen LogP contribution is 2.15. The van der Waals surface area contributed by atoms with Gasteiger partial charge in [-0.25, -0.2) is 13.1 Å². The van der Waals surface area contributed by atoms with Crippen LogP contribution in [0.1, 0.15) is 29.5 Å². The van der Waals surface area contributed by atoms with Crippen molar-refractivity contribution in [2.45, 2.75) is 25.5 Å². The Balaban J connectivity index is 1.97. The van der Waals surface area contributed by atoms with Crippen LogP contribution in [0.3, 0.4) is 0 Å². The van der Waals surface area contributed by atoms with Crippen LogP contribution in [0.25, 0.3) is 0 Å². The fraction of sp³-hybridized carbons (Fsp3) is 0.294. The first-order valence-corrected chi connectivity index (χ1v) is 8.70. The zero-order valence-corrected chi connectivity index (χ0v) is 13.2. The number of aryl methyl sites for hydroxylation is 1. The molecule has 2 aromatic carbocycles. The van der Waals surface area contributed by atoms with Gasteiger partial charge in [0.25, 0.3) is 0 Å². The maximum atomic E-state index is 12.2. The van der Waals surface area contributed by atoms with Gasteiger partial charge in [-0.3, -0.25) is 0 Å². The van der Waals surface area contributed by atoms with Crippen LogP contribution in [-0.4, -0.2) is 15.0 Å². The zero-order valence-electron chi connectivity index (χ0n) is 12.4. The number of benzene rings is 2. The predicted molar refractivity (Wildman–Crippen MR) is 86.7 cm³/mol. The molecule has 0 aliphatic heterocycles. The van der Waals surface area contributed by atoms with E-state index in [1.54, 1.807) is 0 Å². The largest absolute Gasteiger partial charge is 0.215 e. The maximum absolute atomic E-state index is 12.2. The Kier molecular flexibility index (Phi) is 5.15. The Morgan fingerprint density at radius 1 is 1.00 bits per heavy atom. The first-order valence-electron chi connectivity index (χ1n) is 7.05. The van der Waals surface area contributed by atoms with Crippen molar-refractivity contribution >= 4 is 10.0 Å². The molecule has 112 valence electrons. The molecule has 0 aliphatic carbocycles. The zero-order chi connectivity index (χ0) is 15.3. The highest BCUT2D eigenvalue weighted by Gasteiger charge is 2.14. The quantitative estimate of drug-likeness (QED) is 0.890. The van der Waals surface area contributed by atoms with Crippen molar-refractivity contribution < 1.29 is 8.42 Å². The Morgan fingerprint density at radius 3 is 2.29 bits per heavy atom. The van der Waals surface area contributed by atoms with E-state index in [0.29, 0.717) is 6.54 Å². The molecule has 0 saturated heterocycles. The summed E-state index contributed by atoms with van der Waals surface area (Å²) < 4.78 is 27.1. The van der Waals surface area contributed by atoms with Crippen LogP contribution in [0.2, 0.25) is 0 Å². The fourth-order valence-corrected chi connectivity index (χ4v) is 3.52. The second kappa shape index (κ2) is 6.87. The van der Waals surface area contributed by atoms with Crippen molar-refractivity contribution in [2.24, 2.45) is 0 Å². The van der Waals surface area contributed by atoms with Gasteiger partial charge in [0.15, 0.2) is 0 Å². The number of hydrogen-bond acceptors (Lipinski definition) is 2. The van der Waals surface area contributed by atoms with Crippen molar-refractivity contribution in [3.05, 3.63) is 71.3 Å². The minimum Gasteiger partial charge on any atom is -0.214 e. The molecule has 2 rings (SSSR count). The topological polar surface area (TPSA) is 46.2 Å². The number of nitrogens with one attached hydrogen (secondary N) is 1. The summed E-state index contributed by atoms with van der Waals surface area (Å²) in [6.45, 7) is 4.36. The van der Waals surface area contributed by atoms with E-state index in [4.69, 9.17) is 0 Å². The summed E-state index contributed by atoms with van der Waals surface area (Å²) in [6, 6.07) is 17.5. The molecule has 0 aliphatic rings. The smallest absolute Gasteiger partial charge is 0.214 e. The van der Waals surface area contributed by atoms with Crippen LogP contribution in [0, 0.1) is 6.92 Å². The normalized spacial score (nSPS) is 13.0. The summed E-state index contributed by atoms with van der Waals surface area (Å²) in [7, 11) is -3.31. The van der Waals surface area contributed by atoms with Gasteiger partial charge in [-0.2, -0.15) is 0 Å². The van der Waals surface area contributed by atoms with E-state index in [2.05, 4.69) is 4.72 Å². The molecule has 1 unspecified atom stereocenters.